The fourth-order valence-electron chi connectivity index (χ4n) is 6.79. The Morgan fingerprint density at radius 3 is 1.00 bits per heavy atom. The highest BCUT2D eigenvalue weighted by atomic mass is 32.2. The number of phenolic OH excluding ortho intramolecular Hbond substituents is 2. The summed E-state index contributed by atoms with van der Waals surface area (Å²) in [5, 5.41) is 37.6. The molecule has 6 nitrogen and oxygen atoms in total. The number of phenols is 2. The third kappa shape index (κ3) is 31.5. The number of aryl methyl sites for hydroxylation is 2. The molecule has 0 spiro atoms. The number of aromatic hydroxyl groups is 2. The Balaban J connectivity index is 0.000000908. The third-order valence-electron chi connectivity index (χ3n) is 10.6. The number of thioether (sulfide) groups is 2. The van der Waals surface area contributed by atoms with Crippen LogP contribution >= 0.6 is 35.3 Å². The molecular formula is C52H90O6S3. The van der Waals surface area contributed by atoms with E-state index in [2.05, 4.69) is 67.5 Å². The molecule has 0 radical (unpaired) electrons. The van der Waals surface area contributed by atoms with Crippen LogP contribution in [0.15, 0.2) is 34.1 Å². The third-order valence-corrected chi connectivity index (χ3v) is 14.1. The summed E-state index contributed by atoms with van der Waals surface area (Å²) in [5.41, 5.74) is 3.78. The molecule has 2 aromatic rings. The van der Waals surface area contributed by atoms with Gasteiger partial charge in [-0.3, -0.25) is 9.59 Å². The first-order valence-corrected chi connectivity index (χ1v) is 26.9. The molecule has 0 saturated heterocycles. The van der Waals surface area contributed by atoms with Crippen LogP contribution in [0.25, 0.3) is 0 Å². The first-order valence-electron chi connectivity index (χ1n) is 23.8. The molecule has 0 unspecified atom stereocenters. The van der Waals surface area contributed by atoms with Crippen LogP contribution < -0.4 is 0 Å². The predicted octanol–water partition coefficient (Wildman–Crippen LogP) is 16.7. The Kier molecular flexibility index (Phi) is 34.2. The highest BCUT2D eigenvalue weighted by molar-refractivity contribution is 7.99. The number of aliphatic carboxylic acids is 2. The molecule has 2 aromatic carbocycles. The molecule has 2 rings (SSSR count). The van der Waals surface area contributed by atoms with Crippen molar-refractivity contribution in [3.8, 4) is 11.5 Å². The van der Waals surface area contributed by atoms with E-state index in [4.69, 9.17) is 10.2 Å². The number of benzene rings is 2. The molecule has 9 heteroatoms. The molecule has 0 aromatic heterocycles. The molecule has 0 amide bonds. The van der Waals surface area contributed by atoms with Crippen molar-refractivity contribution < 1.29 is 30.0 Å². The lowest BCUT2D eigenvalue weighted by molar-refractivity contribution is -0.137. The van der Waals surface area contributed by atoms with Gasteiger partial charge in [0, 0.05) is 32.4 Å². The van der Waals surface area contributed by atoms with Crippen LogP contribution in [0.3, 0.4) is 0 Å². The van der Waals surface area contributed by atoms with Crippen molar-refractivity contribution in [1.82, 2.24) is 0 Å². The van der Waals surface area contributed by atoms with Crippen LogP contribution in [0.4, 0.5) is 0 Å². The van der Waals surface area contributed by atoms with Gasteiger partial charge in [-0.15, -0.1) is 0 Å². The highest BCUT2D eigenvalue weighted by Gasteiger charge is 2.22. The van der Waals surface area contributed by atoms with Crippen molar-refractivity contribution >= 4 is 47.2 Å². The zero-order valence-electron chi connectivity index (χ0n) is 40.5. The van der Waals surface area contributed by atoms with Gasteiger partial charge in [0.1, 0.15) is 11.5 Å². The van der Waals surface area contributed by atoms with Crippen molar-refractivity contribution in [2.75, 3.05) is 23.0 Å². The minimum atomic E-state index is -0.675. The van der Waals surface area contributed by atoms with E-state index in [1.165, 1.54) is 128 Å². The number of unbranched alkanes of at least 4 members (excludes halogenated alkanes) is 18. The van der Waals surface area contributed by atoms with E-state index < -0.39 is 11.9 Å². The molecule has 352 valence electrons. The van der Waals surface area contributed by atoms with Gasteiger partial charge in [-0.1, -0.05) is 183 Å². The van der Waals surface area contributed by atoms with E-state index in [1.807, 2.05) is 26.0 Å². The molecular weight excluding hydrogens is 817 g/mol. The molecule has 0 fully saturated rings. The average molecular weight is 907 g/mol. The van der Waals surface area contributed by atoms with Crippen molar-refractivity contribution in [3.63, 3.8) is 0 Å². The second-order valence-electron chi connectivity index (χ2n) is 18.7. The van der Waals surface area contributed by atoms with E-state index >= 15 is 0 Å². The van der Waals surface area contributed by atoms with Crippen LogP contribution in [-0.2, 0) is 20.4 Å². The van der Waals surface area contributed by atoms with Crippen LogP contribution in [0.5, 0.6) is 11.5 Å². The lowest BCUT2D eigenvalue weighted by Gasteiger charge is -2.24. The second-order valence-corrected chi connectivity index (χ2v) is 22.3. The van der Waals surface area contributed by atoms with Crippen LogP contribution in [0.1, 0.15) is 219 Å². The molecule has 0 aliphatic rings. The number of hydrogen-bond donors (Lipinski definition) is 4. The Morgan fingerprint density at radius 1 is 0.459 bits per heavy atom. The van der Waals surface area contributed by atoms with E-state index in [-0.39, 0.29) is 10.8 Å². The SMILES string of the molecule is CCCCCCCCCCCCSCCC(=O)O.CCCCCCCCCCCCSCCC(=O)O.Cc1cc(O)c(C(C)(C)C)cc1Sc1cc(C(C)(C)C)c(O)cc1C. The van der Waals surface area contributed by atoms with Crippen molar-refractivity contribution in [1.29, 1.82) is 0 Å². The Hall–Kier alpha value is -1.97. The Labute approximate surface area is 387 Å². The maximum atomic E-state index is 10.3. The summed E-state index contributed by atoms with van der Waals surface area (Å²) in [6.07, 6.45) is 27.9. The first-order chi connectivity index (χ1) is 28.8. The van der Waals surface area contributed by atoms with Gasteiger partial charge in [-0.2, -0.15) is 23.5 Å². The quantitative estimate of drug-likeness (QED) is 0.0569. The molecule has 0 atom stereocenters. The van der Waals surface area contributed by atoms with E-state index in [0.29, 0.717) is 24.3 Å². The zero-order chi connectivity index (χ0) is 46.1. The topological polar surface area (TPSA) is 115 Å². The summed E-state index contributed by atoms with van der Waals surface area (Å²) in [6, 6.07) is 7.89. The summed E-state index contributed by atoms with van der Waals surface area (Å²) in [4.78, 5) is 22.8. The fourth-order valence-corrected chi connectivity index (χ4v) is 9.68. The number of rotatable bonds is 30. The average Bonchev–Trinajstić information content (AvgIpc) is 3.16. The molecule has 4 N–H and O–H groups in total. The van der Waals surface area contributed by atoms with Gasteiger partial charge < -0.3 is 20.4 Å². The summed E-state index contributed by atoms with van der Waals surface area (Å²) in [5.74, 6) is 3.16. The number of carboxylic acids is 2. The number of carboxylic acid groups (broad SMARTS) is 2. The molecule has 0 bridgehead atoms. The maximum Gasteiger partial charge on any atom is 0.304 e. The number of hydrogen-bond acceptors (Lipinski definition) is 7. The predicted molar refractivity (Wildman–Crippen MR) is 270 cm³/mol. The van der Waals surface area contributed by atoms with Gasteiger partial charge in [0.25, 0.3) is 0 Å². The molecule has 0 aliphatic carbocycles. The van der Waals surface area contributed by atoms with Gasteiger partial charge in [0.05, 0.1) is 12.8 Å². The molecule has 0 aliphatic heterocycles. The lowest BCUT2D eigenvalue weighted by atomic mass is 9.86. The van der Waals surface area contributed by atoms with Crippen molar-refractivity contribution in [2.45, 2.75) is 231 Å². The Bertz CT molecular complexity index is 1340. The lowest BCUT2D eigenvalue weighted by Crippen LogP contribution is -2.12. The summed E-state index contributed by atoms with van der Waals surface area (Å²) >= 11 is 5.25. The largest absolute Gasteiger partial charge is 0.508 e. The number of carbonyl (C=O) groups is 2. The van der Waals surface area contributed by atoms with E-state index in [0.717, 1.165) is 55.1 Å². The highest BCUT2D eigenvalue weighted by Crippen LogP contribution is 2.42. The minimum Gasteiger partial charge on any atom is -0.508 e. The first kappa shape index (κ1) is 59.0. The normalized spacial score (nSPS) is 11.4. The standard InChI is InChI=1S/C22H30O2S.2C15H30O2S/c1-13-9-17(23)15(21(3,4)5)11-19(13)25-20-12-16(22(6,7)8)18(24)10-14(20)2;2*1-2-3-4-5-6-7-8-9-10-11-13-18-14-12-15(16)17/h9-12,23-24H,1-8H3;2*2-14H2,1H3,(H,16,17). The van der Waals surface area contributed by atoms with Crippen molar-refractivity contribution in [3.05, 3.63) is 46.5 Å². The van der Waals surface area contributed by atoms with Gasteiger partial charge in [-0.25, -0.2) is 0 Å². The van der Waals surface area contributed by atoms with Gasteiger partial charge in [-0.05, 0) is 84.4 Å². The van der Waals surface area contributed by atoms with Crippen LogP contribution in [-0.4, -0.2) is 55.4 Å². The van der Waals surface area contributed by atoms with Crippen LogP contribution in [0.2, 0.25) is 0 Å². The molecule has 0 saturated carbocycles. The summed E-state index contributed by atoms with van der Waals surface area (Å²) < 4.78 is 0. The van der Waals surface area contributed by atoms with Crippen LogP contribution in [0, 0.1) is 13.8 Å². The second kappa shape index (κ2) is 35.4. The van der Waals surface area contributed by atoms with Gasteiger partial charge >= 0.3 is 11.9 Å². The minimum absolute atomic E-state index is 0.117. The summed E-state index contributed by atoms with van der Waals surface area (Å²) in [7, 11) is 0. The maximum absolute atomic E-state index is 10.3. The van der Waals surface area contributed by atoms with Gasteiger partial charge in [0.2, 0.25) is 0 Å². The monoisotopic (exact) mass is 907 g/mol. The van der Waals surface area contributed by atoms with E-state index in [9.17, 15) is 19.8 Å². The molecule has 0 heterocycles. The Morgan fingerprint density at radius 2 is 0.738 bits per heavy atom. The zero-order valence-corrected chi connectivity index (χ0v) is 43.0. The van der Waals surface area contributed by atoms with Gasteiger partial charge in [0.15, 0.2) is 0 Å². The van der Waals surface area contributed by atoms with Crippen molar-refractivity contribution in [2.24, 2.45) is 0 Å². The summed E-state index contributed by atoms with van der Waals surface area (Å²) in [6.45, 7) is 21.2. The fraction of sp³-hybridized carbons (Fsp3) is 0.731. The smallest absolute Gasteiger partial charge is 0.304 e. The molecule has 61 heavy (non-hydrogen) atoms. The van der Waals surface area contributed by atoms with E-state index in [1.54, 1.807) is 35.3 Å².